The van der Waals surface area contributed by atoms with Crippen LogP contribution in [0, 0.1) is 6.92 Å². The molecule has 23 heavy (non-hydrogen) atoms. The standard InChI is InChI=1S/C18H21ClN2O2/c1-13-10-16(17(23-2)11-15(13)19)21-12-18(22)20-9-8-14-6-4-3-5-7-14/h3-7,10-11,21H,8-9,12H2,1-2H3,(H,20,22). The predicted octanol–water partition coefficient (Wildman–Crippen LogP) is 3.43. The number of hydrogen-bond donors (Lipinski definition) is 2. The summed E-state index contributed by atoms with van der Waals surface area (Å²) in [5.74, 6) is 0.563. The first-order valence-electron chi connectivity index (χ1n) is 7.49. The molecule has 0 saturated carbocycles. The van der Waals surface area contributed by atoms with E-state index in [0.717, 1.165) is 17.7 Å². The molecule has 0 aliphatic carbocycles. The molecule has 1 amide bonds. The Morgan fingerprint density at radius 3 is 2.65 bits per heavy atom. The molecule has 0 aliphatic heterocycles. The van der Waals surface area contributed by atoms with Gasteiger partial charge in [-0.15, -0.1) is 0 Å². The second-order valence-corrected chi connectivity index (χ2v) is 5.65. The quantitative estimate of drug-likeness (QED) is 0.816. The Bertz CT molecular complexity index is 660. The molecule has 4 nitrogen and oxygen atoms in total. The minimum atomic E-state index is -0.0596. The highest BCUT2D eigenvalue weighted by Gasteiger charge is 2.08. The maximum Gasteiger partial charge on any atom is 0.239 e. The third-order valence-electron chi connectivity index (χ3n) is 3.50. The zero-order chi connectivity index (χ0) is 16.7. The van der Waals surface area contributed by atoms with E-state index < -0.39 is 0 Å². The van der Waals surface area contributed by atoms with Crippen LogP contribution in [0.4, 0.5) is 5.69 Å². The van der Waals surface area contributed by atoms with E-state index in [0.29, 0.717) is 17.3 Å². The topological polar surface area (TPSA) is 50.4 Å². The third kappa shape index (κ3) is 5.18. The number of halogens is 1. The molecule has 0 heterocycles. The summed E-state index contributed by atoms with van der Waals surface area (Å²) in [4.78, 5) is 11.9. The van der Waals surface area contributed by atoms with E-state index in [4.69, 9.17) is 16.3 Å². The lowest BCUT2D eigenvalue weighted by molar-refractivity contribution is -0.119. The van der Waals surface area contributed by atoms with Crippen LogP contribution in [0.5, 0.6) is 5.75 Å². The van der Waals surface area contributed by atoms with Crippen LogP contribution in [0.25, 0.3) is 0 Å². The van der Waals surface area contributed by atoms with Crippen molar-refractivity contribution < 1.29 is 9.53 Å². The van der Waals surface area contributed by atoms with E-state index in [2.05, 4.69) is 10.6 Å². The number of methoxy groups -OCH3 is 1. The van der Waals surface area contributed by atoms with Gasteiger partial charge in [0, 0.05) is 17.6 Å². The number of rotatable bonds is 7. The summed E-state index contributed by atoms with van der Waals surface area (Å²) in [5.41, 5.74) is 2.89. The molecule has 0 unspecified atom stereocenters. The van der Waals surface area contributed by atoms with Crippen LogP contribution in [0.2, 0.25) is 5.02 Å². The number of carbonyl (C=O) groups is 1. The fourth-order valence-corrected chi connectivity index (χ4v) is 2.35. The summed E-state index contributed by atoms with van der Waals surface area (Å²) in [5, 5.41) is 6.62. The van der Waals surface area contributed by atoms with Gasteiger partial charge in [0.2, 0.25) is 5.91 Å². The maximum absolute atomic E-state index is 11.9. The lowest BCUT2D eigenvalue weighted by Crippen LogP contribution is -2.31. The summed E-state index contributed by atoms with van der Waals surface area (Å²) >= 11 is 6.07. The molecule has 0 saturated heterocycles. The van der Waals surface area contributed by atoms with Gasteiger partial charge in [-0.3, -0.25) is 4.79 Å². The van der Waals surface area contributed by atoms with Crippen LogP contribution in [-0.2, 0) is 11.2 Å². The monoisotopic (exact) mass is 332 g/mol. The lowest BCUT2D eigenvalue weighted by atomic mass is 10.1. The van der Waals surface area contributed by atoms with E-state index in [1.165, 1.54) is 5.56 Å². The van der Waals surface area contributed by atoms with Gasteiger partial charge >= 0.3 is 0 Å². The number of hydrogen-bond acceptors (Lipinski definition) is 3. The van der Waals surface area contributed by atoms with Crippen molar-refractivity contribution in [3.63, 3.8) is 0 Å². The number of amides is 1. The molecule has 2 N–H and O–H groups in total. The molecule has 0 fully saturated rings. The van der Waals surface area contributed by atoms with E-state index in [1.807, 2.05) is 43.3 Å². The normalized spacial score (nSPS) is 10.2. The Hall–Kier alpha value is -2.20. The van der Waals surface area contributed by atoms with E-state index in [-0.39, 0.29) is 12.5 Å². The first kappa shape index (κ1) is 17.2. The Kier molecular flexibility index (Phi) is 6.29. The van der Waals surface area contributed by atoms with E-state index in [9.17, 15) is 4.79 Å². The largest absolute Gasteiger partial charge is 0.495 e. The molecule has 2 aromatic rings. The minimum absolute atomic E-state index is 0.0596. The molecule has 0 spiro atoms. The summed E-state index contributed by atoms with van der Waals surface area (Å²) in [6.45, 7) is 2.71. The summed E-state index contributed by atoms with van der Waals surface area (Å²) in [6.07, 6.45) is 0.815. The average Bonchev–Trinajstić information content (AvgIpc) is 2.56. The Balaban J connectivity index is 1.81. The van der Waals surface area contributed by atoms with Gasteiger partial charge in [-0.2, -0.15) is 0 Å². The highest BCUT2D eigenvalue weighted by molar-refractivity contribution is 6.31. The van der Waals surface area contributed by atoms with E-state index >= 15 is 0 Å². The number of benzene rings is 2. The molecule has 2 aromatic carbocycles. The minimum Gasteiger partial charge on any atom is -0.495 e. The van der Waals surface area contributed by atoms with Crippen molar-refractivity contribution in [2.45, 2.75) is 13.3 Å². The zero-order valence-electron chi connectivity index (χ0n) is 13.4. The molecular formula is C18H21ClN2O2. The summed E-state index contributed by atoms with van der Waals surface area (Å²) < 4.78 is 5.27. The molecule has 0 aromatic heterocycles. The third-order valence-corrected chi connectivity index (χ3v) is 3.91. The van der Waals surface area contributed by atoms with Crippen LogP contribution < -0.4 is 15.4 Å². The SMILES string of the molecule is COc1cc(Cl)c(C)cc1NCC(=O)NCCc1ccccc1. The van der Waals surface area contributed by atoms with E-state index in [1.54, 1.807) is 13.2 Å². The molecule has 0 atom stereocenters. The van der Waals surface area contributed by atoms with Crippen molar-refractivity contribution in [1.29, 1.82) is 0 Å². The Labute approximate surface area is 141 Å². The van der Waals surface area contributed by atoms with Gasteiger partial charge in [-0.1, -0.05) is 41.9 Å². The van der Waals surface area contributed by atoms with Crippen LogP contribution in [0.15, 0.2) is 42.5 Å². The van der Waals surface area contributed by atoms with Gasteiger partial charge in [-0.05, 0) is 30.5 Å². The molecule has 5 heteroatoms. The fraction of sp³-hybridized carbons (Fsp3) is 0.278. The fourth-order valence-electron chi connectivity index (χ4n) is 2.20. The second-order valence-electron chi connectivity index (χ2n) is 5.24. The molecular weight excluding hydrogens is 312 g/mol. The molecule has 0 aliphatic rings. The predicted molar refractivity (Wildman–Crippen MR) is 94.4 cm³/mol. The van der Waals surface area contributed by atoms with Gasteiger partial charge in [0.05, 0.1) is 19.3 Å². The van der Waals surface area contributed by atoms with Crippen molar-refractivity contribution in [2.24, 2.45) is 0 Å². The summed E-state index contributed by atoms with van der Waals surface area (Å²) in [7, 11) is 1.58. The lowest BCUT2D eigenvalue weighted by Gasteiger charge is -2.13. The van der Waals surface area contributed by atoms with Crippen molar-refractivity contribution in [3.8, 4) is 5.75 Å². The Morgan fingerprint density at radius 1 is 1.22 bits per heavy atom. The van der Waals surface area contributed by atoms with Crippen molar-refractivity contribution >= 4 is 23.2 Å². The maximum atomic E-state index is 11.9. The smallest absolute Gasteiger partial charge is 0.239 e. The van der Waals surface area contributed by atoms with Crippen LogP contribution in [-0.4, -0.2) is 26.1 Å². The number of nitrogens with one attached hydrogen (secondary N) is 2. The second kappa shape index (κ2) is 8.44. The number of anilines is 1. The highest BCUT2D eigenvalue weighted by atomic mass is 35.5. The van der Waals surface area contributed by atoms with Gasteiger partial charge in [-0.25, -0.2) is 0 Å². The first-order chi connectivity index (χ1) is 11.1. The van der Waals surface area contributed by atoms with Crippen LogP contribution in [0.3, 0.4) is 0 Å². The molecule has 0 radical (unpaired) electrons. The molecule has 2 rings (SSSR count). The highest BCUT2D eigenvalue weighted by Crippen LogP contribution is 2.30. The van der Waals surface area contributed by atoms with Crippen molar-refractivity contribution in [1.82, 2.24) is 5.32 Å². The summed E-state index contributed by atoms with van der Waals surface area (Å²) in [6, 6.07) is 13.7. The van der Waals surface area contributed by atoms with Crippen LogP contribution in [0.1, 0.15) is 11.1 Å². The number of aryl methyl sites for hydroxylation is 1. The number of carbonyl (C=O) groups excluding carboxylic acids is 1. The van der Waals surface area contributed by atoms with Crippen molar-refractivity contribution in [2.75, 3.05) is 25.5 Å². The van der Waals surface area contributed by atoms with Crippen molar-refractivity contribution in [3.05, 3.63) is 58.6 Å². The Morgan fingerprint density at radius 2 is 1.96 bits per heavy atom. The van der Waals surface area contributed by atoms with Gasteiger partial charge < -0.3 is 15.4 Å². The van der Waals surface area contributed by atoms with Gasteiger partial charge in [0.15, 0.2) is 0 Å². The zero-order valence-corrected chi connectivity index (χ0v) is 14.1. The molecule has 122 valence electrons. The molecule has 0 bridgehead atoms. The number of ether oxygens (including phenoxy) is 1. The van der Waals surface area contributed by atoms with Gasteiger partial charge in [0.25, 0.3) is 0 Å². The average molecular weight is 333 g/mol. The van der Waals surface area contributed by atoms with Gasteiger partial charge in [0.1, 0.15) is 5.75 Å². The first-order valence-corrected chi connectivity index (χ1v) is 7.86. The van der Waals surface area contributed by atoms with Crippen LogP contribution >= 0.6 is 11.6 Å².